The third kappa shape index (κ3) is 4.59. The van der Waals surface area contributed by atoms with E-state index in [4.69, 9.17) is 9.15 Å². The summed E-state index contributed by atoms with van der Waals surface area (Å²) in [6.45, 7) is 5.98. The van der Waals surface area contributed by atoms with Gasteiger partial charge in [0.1, 0.15) is 17.1 Å². The van der Waals surface area contributed by atoms with Gasteiger partial charge in [0.25, 0.3) is 5.91 Å². The predicted molar refractivity (Wildman–Crippen MR) is 113 cm³/mol. The van der Waals surface area contributed by atoms with Gasteiger partial charge >= 0.3 is 0 Å². The third-order valence-electron chi connectivity index (χ3n) is 5.01. The first-order chi connectivity index (χ1) is 13.9. The Morgan fingerprint density at radius 2 is 1.97 bits per heavy atom. The number of hydrogen-bond donors (Lipinski definition) is 2. The zero-order chi connectivity index (χ0) is 21.0. The van der Waals surface area contributed by atoms with E-state index in [9.17, 15) is 9.59 Å². The average molecular weight is 394 g/mol. The molecule has 1 unspecified atom stereocenters. The van der Waals surface area contributed by atoms with Crippen LogP contribution in [-0.2, 0) is 11.3 Å². The van der Waals surface area contributed by atoms with Gasteiger partial charge in [-0.2, -0.15) is 0 Å². The van der Waals surface area contributed by atoms with Gasteiger partial charge in [0.15, 0.2) is 0 Å². The largest absolute Gasteiger partial charge is 0.497 e. The highest BCUT2D eigenvalue weighted by Crippen LogP contribution is 2.29. The summed E-state index contributed by atoms with van der Waals surface area (Å²) in [7, 11) is 1.58. The van der Waals surface area contributed by atoms with Crippen molar-refractivity contribution in [2.75, 3.05) is 12.4 Å². The molecule has 29 heavy (non-hydrogen) atoms. The van der Waals surface area contributed by atoms with E-state index in [1.165, 1.54) is 0 Å². The zero-order valence-corrected chi connectivity index (χ0v) is 17.2. The standard InChI is InChI=1S/C23H26N2O4/c1-5-14(2)22(26)25-17-8-6-7-16(11-17)13-24-23(27)21-15(3)29-20-10-9-18(28-4)12-19(20)21/h6-12,14H,5,13H2,1-4H3,(H,24,27)(H,25,26). The lowest BCUT2D eigenvalue weighted by molar-refractivity contribution is -0.119. The van der Waals surface area contributed by atoms with Crippen LogP contribution in [0.2, 0.25) is 0 Å². The van der Waals surface area contributed by atoms with E-state index < -0.39 is 0 Å². The van der Waals surface area contributed by atoms with Crippen LogP contribution in [0.25, 0.3) is 11.0 Å². The monoisotopic (exact) mass is 394 g/mol. The summed E-state index contributed by atoms with van der Waals surface area (Å²) in [6, 6.07) is 12.9. The van der Waals surface area contributed by atoms with Gasteiger partial charge in [-0.1, -0.05) is 26.0 Å². The van der Waals surface area contributed by atoms with Gasteiger partial charge in [0, 0.05) is 23.5 Å². The SMILES string of the molecule is CCC(C)C(=O)Nc1cccc(CNC(=O)c2c(C)oc3ccc(OC)cc23)c1. The van der Waals surface area contributed by atoms with E-state index >= 15 is 0 Å². The molecule has 1 heterocycles. The summed E-state index contributed by atoms with van der Waals surface area (Å²) in [6.07, 6.45) is 0.782. The van der Waals surface area contributed by atoms with Crippen molar-refractivity contribution in [2.24, 2.45) is 5.92 Å². The van der Waals surface area contributed by atoms with Gasteiger partial charge in [-0.05, 0) is 49.2 Å². The molecule has 2 aromatic carbocycles. The second-order valence-corrected chi connectivity index (χ2v) is 7.08. The molecule has 6 heteroatoms. The molecule has 0 aliphatic carbocycles. The predicted octanol–water partition coefficient (Wildman–Crippen LogP) is 4.66. The lowest BCUT2D eigenvalue weighted by atomic mass is 10.1. The number of rotatable bonds is 7. The minimum atomic E-state index is -0.219. The van der Waals surface area contributed by atoms with Gasteiger partial charge in [-0.3, -0.25) is 9.59 Å². The van der Waals surface area contributed by atoms with Crippen LogP contribution in [0.15, 0.2) is 46.9 Å². The second-order valence-electron chi connectivity index (χ2n) is 7.08. The quantitative estimate of drug-likeness (QED) is 0.610. The van der Waals surface area contributed by atoms with Crippen molar-refractivity contribution in [1.29, 1.82) is 0 Å². The molecule has 0 spiro atoms. The first-order valence-electron chi connectivity index (χ1n) is 9.68. The van der Waals surface area contributed by atoms with Gasteiger partial charge < -0.3 is 19.8 Å². The van der Waals surface area contributed by atoms with E-state index in [1.807, 2.05) is 38.1 Å². The number of aryl methyl sites for hydroxylation is 1. The van der Waals surface area contributed by atoms with Crippen LogP contribution < -0.4 is 15.4 Å². The van der Waals surface area contributed by atoms with Crippen LogP contribution in [0.5, 0.6) is 5.75 Å². The van der Waals surface area contributed by atoms with Crippen LogP contribution in [0.4, 0.5) is 5.69 Å². The molecule has 3 rings (SSSR count). The van der Waals surface area contributed by atoms with Crippen molar-refractivity contribution in [1.82, 2.24) is 5.32 Å². The second kappa shape index (κ2) is 8.82. The third-order valence-corrected chi connectivity index (χ3v) is 5.01. The van der Waals surface area contributed by atoms with Crippen LogP contribution in [0, 0.1) is 12.8 Å². The Balaban J connectivity index is 1.73. The molecule has 0 saturated heterocycles. The highest BCUT2D eigenvalue weighted by molar-refractivity contribution is 6.07. The van der Waals surface area contributed by atoms with Crippen molar-refractivity contribution in [3.8, 4) is 5.75 Å². The molecule has 6 nitrogen and oxygen atoms in total. The summed E-state index contributed by atoms with van der Waals surface area (Å²) in [5.41, 5.74) is 2.75. The number of ether oxygens (including phenoxy) is 1. The van der Waals surface area contributed by atoms with Crippen molar-refractivity contribution < 1.29 is 18.7 Å². The maximum absolute atomic E-state index is 12.8. The number of carbonyl (C=O) groups is 2. The van der Waals surface area contributed by atoms with Gasteiger partial charge in [-0.15, -0.1) is 0 Å². The van der Waals surface area contributed by atoms with Crippen LogP contribution in [0.3, 0.4) is 0 Å². The van der Waals surface area contributed by atoms with Crippen molar-refractivity contribution in [3.05, 3.63) is 59.4 Å². The summed E-state index contributed by atoms with van der Waals surface area (Å²) in [5, 5.41) is 6.56. The molecule has 0 radical (unpaired) electrons. The normalized spacial score (nSPS) is 11.9. The molecule has 0 aliphatic heterocycles. The Morgan fingerprint density at radius 1 is 1.17 bits per heavy atom. The topological polar surface area (TPSA) is 80.6 Å². The Kier molecular flexibility index (Phi) is 6.22. The highest BCUT2D eigenvalue weighted by Gasteiger charge is 2.19. The van der Waals surface area contributed by atoms with E-state index in [0.717, 1.165) is 17.7 Å². The van der Waals surface area contributed by atoms with Gasteiger partial charge in [-0.25, -0.2) is 0 Å². The molecule has 3 aromatic rings. The Labute approximate surface area is 170 Å². The summed E-state index contributed by atoms with van der Waals surface area (Å²) in [5.74, 6) is 0.941. The minimum absolute atomic E-state index is 0.0110. The summed E-state index contributed by atoms with van der Waals surface area (Å²) in [4.78, 5) is 24.9. The molecular weight excluding hydrogens is 368 g/mol. The maximum atomic E-state index is 12.8. The molecule has 152 valence electrons. The van der Waals surface area contributed by atoms with E-state index in [0.29, 0.717) is 34.6 Å². The zero-order valence-electron chi connectivity index (χ0n) is 17.2. The molecular formula is C23H26N2O4. The van der Waals surface area contributed by atoms with E-state index in [1.54, 1.807) is 32.2 Å². The first-order valence-corrected chi connectivity index (χ1v) is 9.68. The van der Waals surface area contributed by atoms with Gasteiger partial charge in [0.2, 0.25) is 5.91 Å². The van der Waals surface area contributed by atoms with Crippen LogP contribution in [-0.4, -0.2) is 18.9 Å². The van der Waals surface area contributed by atoms with Crippen molar-refractivity contribution in [2.45, 2.75) is 33.7 Å². The number of fused-ring (bicyclic) bond motifs is 1. The molecule has 0 fully saturated rings. The molecule has 1 atom stereocenters. The first kappa shape index (κ1) is 20.5. The lowest BCUT2D eigenvalue weighted by Crippen LogP contribution is -2.23. The highest BCUT2D eigenvalue weighted by atomic mass is 16.5. The lowest BCUT2D eigenvalue weighted by Gasteiger charge is -2.11. The Hall–Kier alpha value is -3.28. The van der Waals surface area contributed by atoms with Crippen LogP contribution >= 0.6 is 0 Å². The number of hydrogen-bond acceptors (Lipinski definition) is 4. The maximum Gasteiger partial charge on any atom is 0.255 e. The number of methoxy groups -OCH3 is 1. The number of anilines is 1. The van der Waals surface area contributed by atoms with E-state index in [2.05, 4.69) is 10.6 Å². The number of furan rings is 1. The number of amides is 2. The van der Waals surface area contributed by atoms with Gasteiger partial charge in [0.05, 0.1) is 12.7 Å². The number of benzene rings is 2. The smallest absolute Gasteiger partial charge is 0.255 e. The Morgan fingerprint density at radius 3 is 2.69 bits per heavy atom. The molecule has 1 aromatic heterocycles. The fourth-order valence-corrected chi connectivity index (χ4v) is 3.09. The molecule has 0 aliphatic rings. The summed E-state index contributed by atoms with van der Waals surface area (Å²) >= 11 is 0. The number of carbonyl (C=O) groups excluding carboxylic acids is 2. The summed E-state index contributed by atoms with van der Waals surface area (Å²) < 4.78 is 11.0. The van der Waals surface area contributed by atoms with Crippen molar-refractivity contribution in [3.63, 3.8) is 0 Å². The number of nitrogens with one attached hydrogen (secondary N) is 2. The fourth-order valence-electron chi connectivity index (χ4n) is 3.09. The van der Waals surface area contributed by atoms with Crippen LogP contribution in [0.1, 0.15) is 41.9 Å². The molecule has 2 amide bonds. The Bertz CT molecular complexity index is 1040. The van der Waals surface area contributed by atoms with E-state index in [-0.39, 0.29) is 17.7 Å². The fraction of sp³-hybridized carbons (Fsp3) is 0.304. The molecule has 2 N–H and O–H groups in total. The minimum Gasteiger partial charge on any atom is -0.497 e. The van der Waals surface area contributed by atoms with Crippen molar-refractivity contribution >= 4 is 28.5 Å². The molecule has 0 bridgehead atoms. The molecule has 0 saturated carbocycles. The average Bonchev–Trinajstić information content (AvgIpc) is 3.06.